The third-order valence-electron chi connectivity index (χ3n) is 3.36. The first-order valence-corrected chi connectivity index (χ1v) is 6.85. The Bertz CT molecular complexity index is 492. The Morgan fingerprint density at radius 3 is 2.75 bits per heavy atom. The van der Waals surface area contributed by atoms with E-state index in [1.54, 1.807) is 12.0 Å². The number of nitrogens with zero attached hydrogens (tertiary/aromatic N) is 1. The predicted octanol–water partition coefficient (Wildman–Crippen LogP) is 2.16. The molecule has 2 rings (SSSR count). The Kier molecular flexibility index (Phi) is 4.20. The highest BCUT2D eigenvalue weighted by molar-refractivity contribution is 5.93. The SMILES string of the molecule is COC[C@@H]1CN(C(=O)c2oc(C)cc2C)CC(C)(C)O1. The maximum atomic E-state index is 12.6. The van der Waals surface area contributed by atoms with Gasteiger partial charge in [-0.15, -0.1) is 0 Å². The molecule has 0 saturated carbocycles. The van der Waals surface area contributed by atoms with Crippen molar-refractivity contribution in [2.45, 2.75) is 39.4 Å². The van der Waals surface area contributed by atoms with E-state index < -0.39 is 0 Å². The van der Waals surface area contributed by atoms with E-state index in [4.69, 9.17) is 13.9 Å². The van der Waals surface area contributed by atoms with E-state index in [2.05, 4.69) is 0 Å². The van der Waals surface area contributed by atoms with Crippen molar-refractivity contribution in [3.8, 4) is 0 Å². The summed E-state index contributed by atoms with van der Waals surface area (Å²) in [4.78, 5) is 14.4. The fraction of sp³-hybridized carbons (Fsp3) is 0.667. The van der Waals surface area contributed by atoms with Crippen LogP contribution in [0.3, 0.4) is 0 Å². The van der Waals surface area contributed by atoms with E-state index in [-0.39, 0.29) is 17.6 Å². The third kappa shape index (κ3) is 3.22. The lowest BCUT2D eigenvalue weighted by Crippen LogP contribution is -2.55. The first-order valence-electron chi connectivity index (χ1n) is 6.85. The number of ether oxygens (including phenoxy) is 2. The maximum absolute atomic E-state index is 12.6. The van der Waals surface area contributed by atoms with Crippen molar-refractivity contribution in [2.24, 2.45) is 0 Å². The van der Waals surface area contributed by atoms with E-state index in [0.29, 0.717) is 25.5 Å². The largest absolute Gasteiger partial charge is 0.456 e. The molecule has 1 atom stereocenters. The van der Waals surface area contributed by atoms with Crippen LogP contribution in [0.1, 0.15) is 35.7 Å². The van der Waals surface area contributed by atoms with Crippen LogP contribution in [-0.2, 0) is 9.47 Å². The summed E-state index contributed by atoms with van der Waals surface area (Å²) < 4.78 is 16.6. The van der Waals surface area contributed by atoms with E-state index in [1.807, 2.05) is 33.8 Å². The van der Waals surface area contributed by atoms with Crippen LogP contribution in [0.5, 0.6) is 0 Å². The standard InChI is InChI=1S/C15H23NO4/c1-10-6-11(2)19-13(10)14(17)16-7-12(8-18-5)20-15(3,4)9-16/h6,12H,7-9H2,1-5H3/t12-/m0/s1. The fourth-order valence-electron chi connectivity index (χ4n) is 2.72. The molecule has 0 unspecified atom stereocenters. The Morgan fingerprint density at radius 1 is 1.50 bits per heavy atom. The lowest BCUT2D eigenvalue weighted by molar-refractivity contribution is -0.143. The minimum absolute atomic E-state index is 0.0759. The van der Waals surface area contributed by atoms with Gasteiger partial charge in [0, 0.05) is 25.8 Å². The number of amides is 1. The van der Waals surface area contributed by atoms with Gasteiger partial charge in [-0.2, -0.15) is 0 Å². The van der Waals surface area contributed by atoms with Crippen molar-refractivity contribution >= 4 is 5.91 Å². The van der Waals surface area contributed by atoms with Gasteiger partial charge in [-0.05, 0) is 33.8 Å². The van der Waals surface area contributed by atoms with Gasteiger partial charge >= 0.3 is 0 Å². The molecule has 0 radical (unpaired) electrons. The summed E-state index contributed by atoms with van der Waals surface area (Å²) in [6, 6.07) is 1.88. The summed E-state index contributed by atoms with van der Waals surface area (Å²) in [6.07, 6.45) is -0.107. The van der Waals surface area contributed by atoms with Gasteiger partial charge in [0.05, 0.1) is 18.3 Å². The second-order valence-electron chi connectivity index (χ2n) is 6.01. The number of furan rings is 1. The maximum Gasteiger partial charge on any atom is 0.290 e. The van der Waals surface area contributed by atoms with Crippen molar-refractivity contribution in [3.05, 3.63) is 23.2 Å². The Labute approximate surface area is 119 Å². The Hall–Kier alpha value is -1.33. The molecule has 1 aliphatic rings. The Balaban J connectivity index is 2.18. The molecular weight excluding hydrogens is 258 g/mol. The van der Waals surface area contributed by atoms with Crippen LogP contribution in [0.15, 0.2) is 10.5 Å². The van der Waals surface area contributed by atoms with Crippen LogP contribution in [0.25, 0.3) is 0 Å². The molecule has 5 heteroatoms. The highest BCUT2D eigenvalue weighted by atomic mass is 16.5. The summed E-state index contributed by atoms with van der Waals surface area (Å²) in [7, 11) is 1.64. The van der Waals surface area contributed by atoms with Crippen molar-refractivity contribution in [3.63, 3.8) is 0 Å². The number of methoxy groups -OCH3 is 1. The lowest BCUT2D eigenvalue weighted by Gasteiger charge is -2.42. The van der Waals surface area contributed by atoms with Crippen LogP contribution < -0.4 is 0 Å². The lowest BCUT2D eigenvalue weighted by atomic mass is 10.0. The molecule has 1 saturated heterocycles. The fourth-order valence-corrected chi connectivity index (χ4v) is 2.72. The zero-order chi connectivity index (χ0) is 14.9. The predicted molar refractivity (Wildman–Crippen MR) is 74.9 cm³/mol. The zero-order valence-electron chi connectivity index (χ0n) is 12.9. The van der Waals surface area contributed by atoms with Gasteiger partial charge < -0.3 is 18.8 Å². The second-order valence-corrected chi connectivity index (χ2v) is 6.01. The molecular formula is C15H23NO4. The van der Waals surface area contributed by atoms with Crippen molar-refractivity contribution in [1.29, 1.82) is 0 Å². The van der Waals surface area contributed by atoms with Crippen LogP contribution in [0.4, 0.5) is 0 Å². The molecule has 0 aliphatic carbocycles. The van der Waals surface area contributed by atoms with E-state index >= 15 is 0 Å². The highest BCUT2D eigenvalue weighted by Gasteiger charge is 2.37. The summed E-state index contributed by atoms with van der Waals surface area (Å²) in [6.45, 7) is 9.25. The molecule has 0 aromatic carbocycles. The second kappa shape index (κ2) is 5.58. The van der Waals surface area contributed by atoms with E-state index in [1.165, 1.54) is 0 Å². The first-order chi connectivity index (χ1) is 9.32. The number of hydrogen-bond donors (Lipinski definition) is 0. The average Bonchev–Trinajstić information content (AvgIpc) is 2.66. The number of rotatable bonds is 3. The molecule has 1 fully saturated rings. The van der Waals surface area contributed by atoms with Crippen LogP contribution in [0.2, 0.25) is 0 Å². The monoisotopic (exact) mass is 281 g/mol. The van der Waals surface area contributed by atoms with Crippen molar-refractivity contribution < 1.29 is 18.7 Å². The van der Waals surface area contributed by atoms with E-state index in [9.17, 15) is 4.79 Å². The van der Waals surface area contributed by atoms with Gasteiger partial charge in [-0.3, -0.25) is 4.79 Å². The summed E-state index contributed by atoms with van der Waals surface area (Å²) >= 11 is 0. The zero-order valence-corrected chi connectivity index (χ0v) is 12.9. The molecule has 0 bridgehead atoms. The summed E-state index contributed by atoms with van der Waals surface area (Å²) in [5, 5.41) is 0. The van der Waals surface area contributed by atoms with Crippen molar-refractivity contribution in [2.75, 3.05) is 26.8 Å². The molecule has 1 aromatic heterocycles. The normalized spacial score (nSPS) is 22.1. The average molecular weight is 281 g/mol. The minimum Gasteiger partial charge on any atom is -0.456 e. The van der Waals surface area contributed by atoms with Crippen LogP contribution in [0, 0.1) is 13.8 Å². The number of hydrogen-bond acceptors (Lipinski definition) is 4. The van der Waals surface area contributed by atoms with Gasteiger partial charge in [0.25, 0.3) is 5.91 Å². The summed E-state index contributed by atoms with van der Waals surface area (Å²) in [5.74, 6) is 1.11. The Morgan fingerprint density at radius 2 is 2.20 bits per heavy atom. The molecule has 1 amide bonds. The third-order valence-corrected chi connectivity index (χ3v) is 3.36. The van der Waals surface area contributed by atoms with Gasteiger partial charge in [0.1, 0.15) is 5.76 Å². The first kappa shape index (κ1) is 15.1. The number of aryl methyl sites for hydroxylation is 2. The molecule has 1 aliphatic heterocycles. The smallest absolute Gasteiger partial charge is 0.290 e. The summed E-state index contributed by atoms with van der Waals surface area (Å²) in [5.41, 5.74) is 0.493. The van der Waals surface area contributed by atoms with Gasteiger partial charge in [-0.1, -0.05) is 0 Å². The number of carbonyl (C=O) groups excluding carboxylic acids is 1. The molecule has 0 spiro atoms. The van der Waals surface area contributed by atoms with Gasteiger partial charge in [0.15, 0.2) is 5.76 Å². The highest BCUT2D eigenvalue weighted by Crippen LogP contribution is 2.24. The molecule has 20 heavy (non-hydrogen) atoms. The number of carbonyl (C=O) groups is 1. The van der Waals surface area contributed by atoms with Crippen LogP contribution in [-0.4, -0.2) is 49.3 Å². The van der Waals surface area contributed by atoms with Crippen molar-refractivity contribution in [1.82, 2.24) is 4.90 Å². The molecule has 2 heterocycles. The molecule has 0 N–H and O–H groups in total. The van der Waals surface area contributed by atoms with Gasteiger partial charge in [-0.25, -0.2) is 0 Å². The topological polar surface area (TPSA) is 51.9 Å². The van der Waals surface area contributed by atoms with Gasteiger partial charge in [0.2, 0.25) is 0 Å². The minimum atomic E-state index is -0.382. The molecule has 1 aromatic rings. The quantitative estimate of drug-likeness (QED) is 0.852. The van der Waals surface area contributed by atoms with E-state index in [0.717, 1.165) is 11.3 Å². The molecule has 112 valence electrons. The molecule has 5 nitrogen and oxygen atoms in total. The van der Waals surface area contributed by atoms with Crippen LogP contribution >= 0.6 is 0 Å². The number of morpholine rings is 1.